The quantitative estimate of drug-likeness (QED) is 0.691. The summed E-state index contributed by atoms with van der Waals surface area (Å²) in [5, 5.41) is 0.877. The molecule has 1 heterocycles. The van der Waals surface area contributed by atoms with Crippen molar-refractivity contribution in [2.45, 2.75) is 0 Å². The zero-order chi connectivity index (χ0) is 16.2. The van der Waals surface area contributed by atoms with Gasteiger partial charge in [0.25, 0.3) is 0 Å². The van der Waals surface area contributed by atoms with Crippen LogP contribution in [0.15, 0.2) is 48.7 Å². The van der Waals surface area contributed by atoms with Gasteiger partial charge in [-0.1, -0.05) is 18.2 Å². The third-order valence-electron chi connectivity index (χ3n) is 3.51. The molecule has 5 heteroatoms. The molecule has 3 rings (SSSR count). The van der Waals surface area contributed by atoms with Crippen LogP contribution in [0, 0.1) is 0 Å². The van der Waals surface area contributed by atoms with Crippen molar-refractivity contribution >= 4 is 11.3 Å². The summed E-state index contributed by atoms with van der Waals surface area (Å²) >= 11 is 1.59. The predicted octanol–water partition coefficient (Wildman–Crippen LogP) is 4.50. The van der Waals surface area contributed by atoms with Crippen molar-refractivity contribution in [2.75, 3.05) is 21.3 Å². The standard InChI is InChI=1S/C18H17NO3S/c1-20-14-9-5-4-7-12(14)16-11-19-18(23-16)13-8-6-10-15(21-2)17(13)22-3/h4-11H,1-3H3. The minimum atomic E-state index is 0.691. The van der Waals surface area contributed by atoms with Crippen LogP contribution in [0.5, 0.6) is 17.2 Å². The molecule has 0 atom stereocenters. The largest absolute Gasteiger partial charge is 0.496 e. The second-order valence-electron chi connectivity index (χ2n) is 4.77. The molecular weight excluding hydrogens is 310 g/mol. The predicted molar refractivity (Wildman–Crippen MR) is 92.6 cm³/mol. The number of methoxy groups -OCH3 is 3. The Hall–Kier alpha value is -2.53. The van der Waals surface area contributed by atoms with E-state index in [9.17, 15) is 0 Å². The number of ether oxygens (including phenoxy) is 3. The lowest BCUT2D eigenvalue weighted by Crippen LogP contribution is -1.92. The van der Waals surface area contributed by atoms with Gasteiger partial charge in [-0.2, -0.15) is 0 Å². The summed E-state index contributed by atoms with van der Waals surface area (Å²) in [4.78, 5) is 5.59. The molecule has 0 bridgehead atoms. The van der Waals surface area contributed by atoms with Gasteiger partial charge in [0.2, 0.25) is 0 Å². The van der Waals surface area contributed by atoms with Crippen molar-refractivity contribution < 1.29 is 14.2 Å². The van der Waals surface area contributed by atoms with Crippen molar-refractivity contribution in [3.8, 4) is 38.3 Å². The van der Waals surface area contributed by atoms with Gasteiger partial charge in [-0.05, 0) is 24.3 Å². The van der Waals surface area contributed by atoms with E-state index in [0.717, 1.165) is 26.8 Å². The molecule has 2 aromatic carbocycles. The summed E-state index contributed by atoms with van der Waals surface area (Å²) < 4.78 is 16.3. The van der Waals surface area contributed by atoms with Gasteiger partial charge >= 0.3 is 0 Å². The fourth-order valence-corrected chi connectivity index (χ4v) is 3.40. The molecular formula is C18H17NO3S. The van der Waals surface area contributed by atoms with E-state index in [0.29, 0.717) is 11.5 Å². The average Bonchev–Trinajstić information content (AvgIpc) is 3.10. The number of rotatable bonds is 5. The molecule has 4 nitrogen and oxygen atoms in total. The van der Waals surface area contributed by atoms with Gasteiger partial charge in [0.1, 0.15) is 10.8 Å². The smallest absolute Gasteiger partial charge is 0.170 e. The first-order chi connectivity index (χ1) is 11.3. The third-order valence-corrected chi connectivity index (χ3v) is 4.58. The lowest BCUT2D eigenvalue weighted by atomic mass is 10.2. The highest BCUT2D eigenvalue weighted by Gasteiger charge is 2.16. The van der Waals surface area contributed by atoms with Crippen molar-refractivity contribution in [3.63, 3.8) is 0 Å². The molecule has 3 aromatic rings. The van der Waals surface area contributed by atoms with Crippen LogP contribution in [0.4, 0.5) is 0 Å². The minimum absolute atomic E-state index is 0.691. The maximum atomic E-state index is 5.50. The highest BCUT2D eigenvalue weighted by molar-refractivity contribution is 7.18. The molecule has 0 saturated carbocycles. The lowest BCUT2D eigenvalue weighted by molar-refractivity contribution is 0.356. The Morgan fingerprint density at radius 3 is 2.22 bits per heavy atom. The van der Waals surface area contributed by atoms with Gasteiger partial charge in [-0.25, -0.2) is 4.98 Å². The first-order valence-electron chi connectivity index (χ1n) is 7.09. The second-order valence-corrected chi connectivity index (χ2v) is 5.80. The first kappa shape index (κ1) is 15.4. The van der Waals surface area contributed by atoms with Crippen LogP contribution >= 0.6 is 11.3 Å². The summed E-state index contributed by atoms with van der Waals surface area (Å²) in [7, 11) is 4.94. The van der Waals surface area contributed by atoms with E-state index in [2.05, 4.69) is 4.98 Å². The molecule has 0 radical (unpaired) electrons. The molecule has 0 aliphatic carbocycles. The molecule has 118 valence electrons. The van der Waals surface area contributed by atoms with Crippen molar-refractivity contribution in [2.24, 2.45) is 0 Å². The van der Waals surface area contributed by atoms with Gasteiger partial charge in [0, 0.05) is 11.8 Å². The molecule has 0 aliphatic rings. The van der Waals surface area contributed by atoms with Crippen LogP contribution < -0.4 is 14.2 Å². The Kier molecular flexibility index (Phi) is 4.48. The average molecular weight is 327 g/mol. The summed E-state index contributed by atoms with van der Waals surface area (Å²) in [6.07, 6.45) is 1.86. The molecule has 0 N–H and O–H groups in total. The Labute approximate surface area is 139 Å². The summed E-state index contributed by atoms with van der Waals surface area (Å²) in [5.41, 5.74) is 1.94. The van der Waals surface area contributed by atoms with Gasteiger partial charge in [-0.3, -0.25) is 0 Å². The number of para-hydroxylation sites is 2. The second kappa shape index (κ2) is 6.71. The molecule has 0 aliphatic heterocycles. The van der Waals surface area contributed by atoms with E-state index in [1.807, 2.05) is 48.7 Å². The fourth-order valence-electron chi connectivity index (χ4n) is 2.43. The zero-order valence-corrected chi connectivity index (χ0v) is 14.0. The first-order valence-corrected chi connectivity index (χ1v) is 7.90. The van der Waals surface area contributed by atoms with Crippen LogP contribution in [0.1, 0.15) is 0 Å². The molecule has 0 spiro atoms. The Morgan fingerprint density at radius 1 is 0.783 bits per heavy atom. The zero-order valence-electron chi connectivity index (χ0n) is 13.2. The van der Waals surface area contributed by atoms with Crippen LogP contribution in [0.2, 0.25) is 0 Å². The number of thiazole rings is 1. The molecule has 0 fully saturated rings. The summed E-state index contributed by atoms with van der Waals surface area (Å²) in [6.45, 7) is 0. The maximum absolute atomic E-state index is 5.50. The fraction of sp³-hybridized carbons (Fsp3) is 0.167. The molecule has 1 aromatic heterocycles. The lowest BCUT2D eigenvalue weighted by Gasteiger charge is -2.10. The third kappa shape index (κ3) is 2.87. The van der Waals surface area contributed by atoms with Crippen molar-refractivity contribution in [1.82, 2.24) is 4.98 Å². The summed E-state index contributed by atoms with van der Waals surface area (Å²) in [5.74, 6) is 2.22. The van der Waals surface area contributed by atoms with Gasteiger partial charge < -0.3 is 14.2 Å². The topological polar surface area (TPSA) is 40.6 Å². The molecule has 0 saturated heterocycles. The highest BCUT2D eigenvalue weighted by Crippen LogP contribution is 2.42. The van der Waals surface area contributed by atoms with Gasteiger partial charge in [0.05, 0.1) is 31.8 Å². The van der Waals surface area contributed by atoms with Crippen LogP contribution in [-0.2, 0) is 0 Å². The van der Waals surface area contributed by atoms with Crippen molar-refractivity contribution in [3.05, 3.63) is 48.7 Å². The van der Waals surface area contributed by atoms with Crippen LogP contribution in [0.3, 0.4) is 0 Å². The number of hydrogen-bond acceptors (Lipinski definition) is 5. The normalized spacial score (nSPS) is 10.4. The van der Waals surface area contributed by atoms with E-state index in [4.69, 9.17) is 14.2 Å². The SMILES string of the molecule is COc1ccccc1-c1cnc(-c2cccc(OC)c2OC)s1. The Balaban J connectivity index is 2.06. The highest BCUT2D eigenvalue weighted by atomic mass is 32.1. The van der Waals surface area contributed by atoms with Crippen LogP contribution in [0.25, 0.3) is 21.0 Å². The van der Waals surface area contributed by atoms with E-state index < -0.39 is 0 Å². The van der Waals surface area contributed by atoms with Crippen molar-refractivity contribution in [1.29, 1.82) is 0 Å². The van der Waals surface area contributed by atoms with E-state index in [-0.39, 0.29) is 0 Å². The number of hydrogen-bond donors (Lipinski definition) is 0. The van der Waals surface area contributed by atoms with Gasteiger partial charge in [-0.15, -0.1) is 11.3 Å². The van der Waals surface area contributed by atoms with Gasteiger partial charge in [0.15, 0.2) is 11.5 Å². The number of nitrogens with zero attached hydrogens (tertiary/aromatic N) is 1. The van der Waals surface area contributed by atoms with E-state index in [1.165, 1.54) is 0 Å². The monoisotopic (exact) mass is 327 g/mol. The Morgan fingerprint density at radius 2 is 1.48 bits per heavy atom. The molecule has 23 heavy (non-hydrogen) atoms. The Bertz CT molecular complexity index is 814. The molecule has 0 amide bonds. The number of benzene rings is 2. The maximum Gasteiger partial charge on any atom is 0.170 e. The molecule has 0 unspecified atom stereocenters. The number of aromatic nitrogens is 1. The van der Waals surface area contributed by atoms with E-state index in [1.54, 1.807) is 32.7 Å². The minimum Gasteiger partial charge on any atom is -0.496 e. The summed E-state index contributed by atoms with van der Waals surface area (Å²) in [6, 6.07) is 13.7. The van der Waals surface area contributed by atoms with Crippen LogP contribution in [-0.4, -0.2) is 26.3 Å². The van der Waals surface area contributed by atoms with E-state index >= 15 is 0 Å².